The first kappa shape index (κ1) is 7.34. The van der Waals surface area contributed by atoms with Crippen LogP contribution < -0.4 is 0 Å². The molecule has 2 heterocycles. The summed E-state index contributed by atoms with van der Waals surface area (Å²) < 4.78 is 4.84. The molecule has 1 aromatic heterocycles. The molecule has 1 atom stereocenters. The minimum Gasteiger partial charge on any atom is -0.465 e. The summed E-state index contributed by atoms with van der Waals surface area (Å²) >= 11 is 0. The predicted octanol–water partition coefficient (Wildman–Crippen LogP) is 0.515. The minimum atomic E-state index is -0.0838. The number of esters is 1. The topological polar surface area (TPSA) is 55.0 Å². The van der Waals surface area contributed by atoms with Gasteiger partial charge in [0.1, 0.15) is 0 Å². The molecule has 1 aromatic rings. The van der Waals surface area contributed by atoms with Crippen LogP contribution in [-0.4, -0.2) is 22.5 Å². The maximum atomic E-state index is 10.7. The summed E-state index contributed by atoms with van der Waals surface area (Å²) in [6, 6.07) is 0. The summed E-state index contributed by atoms with van der Waals surface area (Å²) in [5.74, 6) is 0.248. The lowest BCUT2D eigenvalue weighted by Crippen LogP contribution is -2.03. The first-order valence-electron chi connectivity index (χ1n) is 3.97. The van der Waals surface area contributed by atoms with E-state index in [2.05, 4.69) is 9.97 Å². The Labute approximate surface area is 70.0 Å². The SMILES string of the molecule is O=C1C[C@@H](Cc2cnc[nH]2)CO1. The standard InChI is InChI=1S/C8H10N2O2/c11-8-2-6(4-12-8)1-7-3-9-5-10-7/h3,5-6H,1-2,4H2,(H,9,10)/t6-/m1/s1. The van der Waals surface area contributed by atoms with E-state index in [0.29, 0.717) is 18.9 Å². The van der Waals surface area contributed by atoms with Gasteiger partial charge < -0.3 is 9.72 Å². The zero-order valence-electron chi connectivity index (χ0n) is 6.62. The van der Waals surface area contributed by atoms with Crippen LogP contribution in [0.5, 0.6) is 0 Å². The number of carbonyl (C=O) groups is 1. The molecule has 1 aliphatic rings. The van der Waals surface area contributed by atoms with E-state index in [9.17, 15) is 4.79 Å². The number of aromatic nitrogens is 2. The first-order chi connectivity index (χ1) is 5.84. The highest BCUT2D eigenvalue weighted by Gasteiger charge is 2.23. The largest absolute Gasteiger partial charge is 0.465 e. The Morgan fingerprint density at radius 2 is 2.67 bits per heavy atom. The molecule has 0 spiro atoms. The second-order valence-corrected chi connectivity index (χ2v) is 3.03. The molecule has 4 nitrogen and oxygen atoms in total. The summed E-state index contributed by atoms with van der Waals surface area (Å²) in [6.07, 6.45) is 4.82. The van der Waals surface area contributed by atoms with E-state index in [1.54, 1.807) is 12.5 Å². The van der Waals surface area contributed by atoms with Crippen molar-refractivity contribution in [3.63, 3.8) is 0 Å². The normalized spacial score (nSPS) is 22.7. The average molecular weight is 166 g/mol. The van der Waals surface area contributed by atoms with Crippen LogP contribution in [0.4, 0.5) is 0 Å². The van der Waals surface area contributed by atoms with Gasteiger partial charge in [0, 0.05) is 17.8 Å². The highest BCUT2D eigenvalue weighted by molar-refractivity contribution is 5.71. The molecule has 0 saturated carbocycles. The molecule has 1 N–H and O–H groups in total. The van der Waals surface area contributed by atoms with E-state index in [1.165, 1.54) is 0 Å². The van der Waals surface area contributed by atoms with Crippen LogP contribution in [0, 0.1) is 5.92 Å². The fourth-order valence-electron chi connectivity index (χ4n) is 1.40. The molecule has 4 heteroatoms. The summed E-state index contributed by atoms with van der Waals surface area (Å²) in [6.45, 7) is 0.553. The van der Waals surface area contributed by atoms with E-state index in [-0.39, 0.29) is 5.97 Å². The van der Waals surface area contributed by atoms with Crippen LogP contribution in [0.25, 0.3) is 0 Å². The molecular weight excluding hydrogens is 156 g/mol. The fourth-order valence-corrected chi connectivity index (χ4v) is 1.40. The Bertz CT molecular complexity index is 269. The summed E-state index contributed by atoms with van der Waals surface area (Å²) in [5, 5.41) is 0. The smallest absolute Gasteiger partial charge is 0.306 e. The summed E-state index contributed by atoms with van der Waals surface area (Å²) in [4.78, 5) is 17.6. The van der Waals surface area contributed by atoms with Crippen molar-refractivity contribution in [1.29, 1.82) is 0 Å². The molecular formula is C8H10N2O2. The number of carbonyl (C=O) groups excluding carboxylic acids is 1. The van der Waals surface area contributed by atoms with E-state index in [1.807, 2.05) is 0 Å². The van der Waals surface area contributed by atoms with Crippen LogP contribution in [0.15, 0.2) is 12.5 Å². The molecule has 0 radical (unpaired) electrons. The number of hydrogen-bond donors (Lipinski definition) is 1. The Morgan fingerprint density at radius 3 is 3.25 bits per heavy atom. The maximum Gasteiger partial charge on any atom is 0.306 e. The van der Waals surface area contributed by atoms with Crippen LogP contribution in [0.3, 0.4) is 0 Å². The number of ether oxygens (including phenoxy) is 1. The van der Waals surface area contributed by atoms with Gasteiger partial charge in [0.05, 0.1) is 19.4 Å². The number of H-pyrrole nitrogens is 1. The van der Waals surface area contributed by atoms with Gasteiger partial charge in [0.25, 0.3) is 0 Å². The Morgan fingerprint density at radius 1 is 1.75 bits per heavy atom. The number of hydrogen-bond acceptors (Lipinski definition) is 3. The van der Waals surface area contributed by atoms with E-state index in [4.69, 9.17) is 4.74 Å². The fraction of sp³-hybridized carbons (Fsp3) is 0.500. The van der Waals surface area contributed by atoms with Crippen molar-refractivity contribution in [1.82, 2.24) is 9.97 Å². The Balaban J connectivity index is 1.92. The molecule has 1 fully saturated rings. The second kappa shape index (κ2) is 2.97. The number of nitrogens with zero attached hydrogens (tertiary/aromatic N) is 1. The second-order valence-electron chi connectivity index (χ2n) is 3.03. The molecule has 2 rings (SSSR count). The van der Waals surface area contributed by atoms with Gasteiger partial charge >= 0.3 is 5.97 Å². The van der Waals surface area contributed by atoms with E-state index >= 15 is 0 Å². The van der Waals surface area contributed by atoms with Gasteiger partial charge in [-0.2, -0.15) is 0 Å². The molecule has 64 valence electrons. The van der Waals surface area contributed by atoms with E-state index < -0.39 is 0 Å². The molecule has 12 heavy (non-hydrogen) atoms. The number of aromatic amines is 1. The van der Waals surface area contributed by atoms with Crippen LogP contribution >= 0.6 is 0 Å². The third-order valence-corrected chi connectivity index (χ3v) is 2.00. The number of cyclic esters (lactones) is 1. The Hall–Kier alpha value is -1.32. The van der Waals surface area contributed by atoms with Gasteiger partial charge in [0.15, 0.2) is 0 Å². The lowest BCUT2D eigenvalue weighted by Gasteiger charge is -2.01. The maximum absolute atomic E-state index is 10.7. The van der Waals surface area contributed by atoms with Crippen LogP contribution in [0.2, 0.25) is 0 Å². The van der Waals surface area contributed by atoms with Crippen molar-refractivity contribution in [2.45, 2.75) is 12.8 Å². The van der Waals surface area contributed by atoms with Gasteiger partial charge in [-0.25, -0.2) is 4.98 Å². The molecule has 1 aliphatic heterocycles. The molecule has 0 amide bonds. The van der Waals surface area contributed by atoms with Crippen LogP contribution in [0.1, 0.15) is 12.1 Å². The number of rotatable bonds is 2. The minimum absolute atomic E-state index is 0.0838. The molecule has 0 unspecified atom stereocenters. The molecule has 0 aliphatic carbocycles. The number of nitrogens with one attached hydrogen (secondary N) is 1. The zero-order valence-corrected chi connectivity index (χ0v) is 6.62. The van der Waals surface area contributed by atoms with Crippen molar-refractivity contribution in [2.75, 3.05) is 6.61 Å². The highest BCUT2D eigenvalue weighted by atomic mass is 16.5. The van der Waals surface area contributed by atoms with Crippen molar-refractivity contribution in [2.24, 2.45) is 5.92 Å². The average Bonchev–Trinajstić information content (AvgIpc) is 2.63. The van der Waals surface area contributed by atoms with Crippen molar-refractivity contribution in [3.8, 4) is 0 Å². The lowest BCUT2D eigenvalue weighted by atomic mass is 10.0. The summed E-state index contributed by atoms with van der Waals surface area (Å²) in [7, 11) is 0. The van der Waals surface area contributed by atoms with E-state index in [0.717, 1.165) is 12.1 Å². The van der Waals surface area contributed by atoms with Gasteiger partial charge in [-0.05, 0) is 6.42 Å². The zero-order chi connectivity index (χ0) is 8.39. The third-order valence-electron chi connectivity index (χ3n) is 2.00. The predicted molar refractivity (Wildman–Crippen MR) is 41.4 cm³/mol. The van der Waals surface area contributed by atoms with Crippen molar-refractivity contribution in [3.05, 3.63) is 18.2 Å². The quantitative estimate of drug-likeness (QED) is 0.651. The highest BCUT2D eigenvalue weighted by Crippen LogP contribution is 2.17. The van der Waals surface area contributed by atoms with Crippen LogP contribution in [-0.2, 0) is 16.0 Å². The first-order valence-corrected chi connectivity index (χ1v) is 3.97. The van der Waals surface area contributed by atoms with Gasteiger partial charge in [-0.3, -0.25) is 4.79 Å². The Kier molecular flexibility index (Phi) is 1.81. The van der Waals surface area contributed by atoms with Gasteiger partial charge in [-0.15, -0.1) is 0 Å². The lowest BCUT2D eigenvalue weighted by molar-refractivity contribution is -0.137. The van der Waals surface area contributed by atoms with Crippen molar-refractivity contribution >= 4 is 5.97 Å². The van der Waals surface area contributed by atoms with Gasteiger partial charge in [-0.1, -0.05) is 0 Å². The monoisotopic (exact) mass is 166 g/mol. The molecule has 0 aromatic carbocycles. The van der Waals surface area contributed by atoms with Crippen molar-refractivity contribution < 1.29 is 9.53 Å². The number of imidazole rings is 1. The third kappa shape index (κ3) is 1.47. The van der Waals surface area contributed by atoms with Gasteiger partial charge in [0.2, 0.25) is 0 Å². The molecule has 0 bridgehead atoms. The molecule has 1 saturated heterocycles. The summed E-state index contributed by atoms with van der Waals surface area (Å²) in [5.41, 5.74) is 1.07.